The van der Waals surface area contributed by atoms with E-state index < -0.39 is 26.0 Å². The van der Waals surface area contributed by atoms with E-state index in [9.17, 15) is 25.9 Å². The Hall–Kier alpha value is -2.77. The van der Waals surface area contributed by atoms with E-state index in [4.69, 9.17) is 4.74 Å². The number of hydrogen-bond donors (Lipinski definition) is 1. The lowest BCUT2D eigenvalue weighted by molar-refractivity contribution is -0.668. The maximum absolute atomic E-state index is 11.3. The zero-order valence-corrected chi connectivity index (χ0v) is 24.5. The van der Waals surface area contributed by atoms with Crippen molar-refractivity contribution in [1.82, 2.24) is 0 Å². The molecule has 9 nitrogen and oxygen atoms in total. The van der Waals surface area contributed by atoms with Crippen LogP contribution >= 0.6 is 11.3 Å². The standard InChI is InChI=1S/C27H32N2O7S3/c1-4-21(17-26-28(11-5-13-38(30,31)32)22-15-19(2)7-9-24(22)36-26)18-27-29(12-6-14-39(33,34)35)23-16-20(3)8-10-25(23)37-27/h7-10,15-18H,4-6,11-14H2,1-3H3,(H-,30,31,32,33,34,35). The molecule has 0 fully saturated rings. The van der Waals surface area contributed by atoms with E-state index >= 15 is 0 Å². The van der Waals surface area contributed by atoms with Crippen LogP contribution in [0.4, 0.5) is 5.69 Å². The molecule has 3 aromatic rings. The molecule has 0 saturated carbocycles. The average Bonchev–Trinajstić information content (AvgIpc) is 3.34. The van der Waals surface area contributed by atoms with Gasteiger partial charge in [-0.3, -0.25) is 4.55 Å². The van der Waals surface area contributed by atoms with Gasteiger partial charge in [0.1, 0.15) is 4.70 Å². The van der Waals surface area contributed by atoms with E-state index in [-0.39, 0.29) is 18.6 Å². The van der Waals surface area contributed by atoms with Gasteiger partial charge in [0.15, 0.2) is 12.3 Å². The fourth-order valence-electron chi connectivity index (χ4n) is 4.47. The van der Waals surface area contributed by atoms with E-state index in [1.807, 2.05) is 68.2 Å². The molecular formula is C27H32N2O7S3. The first-order chi connectivity index (χ1) is 18.3. The quantitative estimate of drug-likeness (QED) is 0.254. The monoisotopic (exact) mass is 592 g/mol. The van der Waals surface area contributed by atoms with E-state index in [0.717, 1.165) is 37.6 Å². The van der Waals surface area contributed by atoms with Crippen LogP contribution in [0.25, 0.3) is 16.3 Å². The van der Waals surface area contributed by atoms with Crippen molar-refractivity contribution in [3.63, 3.8) is 0 Å². The zero-order valence-electron chi connectivity index (χ0n) is 22.1. The van der Waals surface area contributed by atoms with Crippen molar-refractivity contribution < 1.29 is 35.2 Å². The number of rotatable bonds is 11. The van der Waals surface area contributed by atoms with Gasteiger partial charge < -0.3 is 14.2 Å². The van der Waals surface area contributed by atoms with E-state index in [0.29, 0.717) is 31.1 Å². The Labute approximate surface area is 233 Å². The normalized spacial score (nSPS) is 15.3. The van der Waals surface area contributed by atoms with Crippen LogP contribution in [0.2, 0.25) is 0 Å². The summed E-state index contributed by atoms with van der Waals surface area (Å²) in [5.74, 6) is 0.419. The lowest BCUT2D eigenvalue weighted by atomic mass is 10.1. The van der Waals surface area contributed by atoms with Crippen LogP contribution < -0.4 is 14.2 Å². The topological polar surface area (TPSA) is 128 Å². The number of thiazole rings is 1. The van der Waals surface area contributed by atoms with Gasteiger partial charge in [-0.25, -0.2) is 8.42 Å². The SMILES string of the molecule is CC/C(C=C1Oc2ccc(C)cc2N1CCCS(=O)(=O)[O-])=C\c1sc2ccc(C)cc2[n+]1CCCS(=O)(=O)O. The van der Waals surface area contributed by atoms with Crippen molar-refractivity contribution in [1.29, 1.82) is 0 Å². The maximum atomic E-state index is 11.3. The summed E-state index contributed by atoms with van der Waals surface area (Å²) in [6, 6.07) is 11.9. The second kappa shape index (κ2) is 11.8. The summed E-state index contributed by atoms with van der Waals surface area (Å²) in [6.45, 7) is 6.70. The Balaban J connectivity index is 1.71. The third-order valence-electron chi connectivity index (χ3n) is 6.36. The van der Waals surface area contributed by atoms with E-state index in [1.54, 1.807) is 11.3 Å². The number of allylic oxidation sites excluding steroid dienone is 2. The minimum atomic E-state index is -4.33. The van der Waals surface area contributed by atoms with E-state index in [2.05, 4.69) is 10.6 Å². The summed E-state index contributed by atoms with van der Waals surface area (Å²) in [6.07, 6.45) is 5.05. The Morgan fingerprint density at radius 2 is 1.79 bits per heavy atom. The Bertz CT molecular complexity index is 1660. The van der Waals surface area contributed by atoms with Gasteiger partial charge in [-0.2, -0.15) is 13.0 Å². The summed E-state index contributed by atoms with van der Waals surface area (Å²) < 4.78 is 74.7. The molecule has 0 aliphatic carbocycles. The fraction of sp³-hybridized carbons (Fsp3) is 0.370. The third-order valence-corrected chi connectivity index (χ3v) is 9.06. The third kappa shape index (κ3) is 7.67. The van der Waals surface area contributed by atoms with Crippen molar-refractivity contribution >= 4 is 53.6 Å². The molecule has 1 aliphatic heterocycles. The molecule has 1 aliphatic rings. The molecule has 0 bridgehead atoms. The second-order valence-electron chi connectivity index (χ2n) is 9.60. The summed E-state index contributed by atoms with van der Waals surface area (Å²) in [7, 11) is -8.39. The summed E-state index contributed by atoms with van der Waals surface area (Å²) in [5, 5.41) is 0.926. The molecule has 0 radical (unpaired) electrons. The van der Waals surface area contributed by atoms with E-state index in [1.165, 1.54) is 0 Å². The highest BCUT2D eigenvalue weighted by molar-refractivity contribution is 7.85. The largest absolute Gasteiger partial charge is 0.748 e. The summed E-state index contributed by atoms with van der Waals surface area (Å²) in [5.41, 5.74) is 4.86. The van der Waals surface area contributed by atoms with Gasteiger partial charge in [-0.1, -0.05) is 30.4 Å². The minimum absolute atomic E-state index is 0.161. The molecule has 210 valence electrons. The molecule has 2 heterocycles. The smallest absolute Gasteiger partial charge is 0.265 e. The molecule has 12 heteroatoms. The van der Waals surface area contributed by atoms with Crippen LogP contribution in [0.5, 0.6) is 5.75 Å². The number of aromatic nitrogens is 1. The molecule has 39 heavy (non-hydrogen) atoms. The molecule has 4 rings (SSSR count). The van der Waals surface area contributed by atoms with Gasteiger partial charge in [-0.15, -0.1) is 0 Å². The second-order valence-corrected chi connectivity index (χ2v) is 13.8. The molecule has 1 aromatic heterocycles. The fourth-order valence-corrected chi connectivity index (χ4v) is 6.59. The molecule has 0 amide bonds. The van der Waals surface area contributed by atoms with Crippen LogP contribution in [0.3, 0.4) is 0 Å². The van der Waals surface area contributed by atoms with Gasteiger partial charge in [0.05, 0.1) is 21.6 Å². The molecular weight excluding hydrogens is 561 g/mol. The maximum Gasteiger partial charge on any atom is 0.265 e. The summed E-state index contributed by atoms with van der Waals surface area (Å²) >= 11 is 1.59. The zero-order chi connectivity index (χ0) is 28.4. The van der Waals surface area contributed by atoms with Gasteiger partial charge in [0.2, 0.25) is 11.4 Å². The van der Waals surface area contributed by atoms with Crippen LogP contribution in [0, 0.1) is 13.8 Å². The van der Waals surface area contributed by atoms with Crippen molar-refractivity contribution in [2.45, 2.75) is 46.6 Å². The first kappa shape index (κ1) is 29.2. The highest BCUT2D eigenvalue weighted by Gasteiger charge is 2.27. The van der Waals surface area contributed by atoms with Crippen molar-refractivity contribution in [2.24, 2.45) is 0 Å². The van der Waals surface area contributed by atoms with Crippen molar-refractivity contribution in [3.05, 3.63) is 70.1 Å². The van der Waals surface area contributed by atoms with Gasteiger partial charge in [0.25, 0.3) is 15.1 Å². The Kier molecular flexibility index (Phi) is 8.82. The number of nitrogens with zero attached hydrogens (tertiary/aromatic N) is 2. The number of hydrogen-bond acceptors (Lipinski definition) is 8. The Morgan fingerprint density at radius 1 is 1.08 bits per heavy atom. The molecule has 0 saturated heterocycles. The highest BCUT2D eigenvalue weighted by atomic mass is 32.2. The molecule has 0 unspecified atom stereocenters. The molecule has 1 N–H and O–H groups in total. The lowest BCUT2D eigenvalue weighted by Crippen LogP contribution is -2.36. The van der Waals surface area contributed by atoms with Crippen molar-refractivity contribution in [3.8, 4) is 5.75 Å². The van der Waals surface area contributed by atoms with Crippen LogP contribution in [0.1, 0.15) is 42.3 Å². The predicted molar refractivity (Wildman–Crippen MR) is 152 cm³/mol. The van der Waals surface area contributed by atoms with Crippen LogP contribution in [-0.4, -0.2) is 44.0 Å². The highest BCUT2D eigenvalue weighted by Crippen LogP contribution is 2.40. The number of anilines is 1. The van der Waals surface area contributed by atoms with Crippen LogP contribution in [-0.2, 0) is 26.8 Å². The molecule has 0 atom stereocenters. The van der Waals surface area contributed by atoms with Crippen LogP contribution in [0.15, 0.2) is 53.9 Å². The average molecular weight is 593 g/mol. The minimum Gasteiger partial charge on any atom is -0.748 e. The van der Waals surface area contributed by atoms with Gasteiger partial charge in [-0.05, 0) is 61.6 Å². The Morgan fingerprint density at radius 3 is 2.49 bits per heavy atom. The lowest BCUT2D eigenvalue weighted by Gasteiger charge is -2.19. The summed E-state index contributed by atoms with van der Waals surface area (Å²) in [4.78, 5) is 1.89. The number of ether oxygens (including phenoxy) is 1. The first-order valence-electron chi connectivity index (χ1n) is 12.6. The first-order valence-corrected chi connectivity index (χ1v) is 16.6. The van der Waals surface area contributed by atoms with Gasteiger partial charge in [0, 0.05) is 36.9 Å². The van der Waals surface area contributed by atoms with Gasteiger partial charge >= 0.3 is 0 Å². The number of fused-ring (bicyclic) bond motifs is 2. The number of aryl methyl sites for hydroxylation is 3. The predicted octanol–water partition coefficient (Wildman–Crippen LogP) is 4.55. The van der Waals surface area contributed by atoms with Crippen molar-refractivity contribution in [2.75, 3.05) is 23.0 Å². The molecule has 2 aromatic carbocycles. The number of benzene rings is 2. The molecule has 0 spiro atoms.